The smallest absolute Gasteiger partial charge is 0.316 e. The number of amides is 1. The van der Waals surface area contributed by atoms with Crippen LogP contribution in [0.25, 0.3) is 10.7 Å². The van der Waals surface area contributed by atoms with Crippen molar-refractivity contribution in [3.63, 3.8) is 0 Å². The number of anilines is 1. The summed E-state index contributed by atoms with van der Waals surface area (Å²) in [5.41, 5.74) is 1.25. The highest BCUT2D eigenvalue weighted by Crippen LogP contribution is 2.34. The molecule has 4 rings (SSSR count). The molecule has 1 amide bonds. The lowest BCUT2D eigenvalue weighted by atomic mass is 10.2. The second kappa shape index (κ2) is 8.31. The molecule has 0 aliphatic carbocycles. The Labute approximate surface area is 184 Å². The molecule has 0 saturated carbocycles. The van der Waals surface area contributed by atoms with Gasteiger partial charge in [-0.25, -0.2) is 8.42 Å². The number of benzene rings is 1. The van der Waals surface area contributed by atoms with E-state index >= 15 is 0 Å². The van der Waals surface area contributed by atoms with Gasteiger partial charge in [0, 0.05) is 18.0 Å². The van der Waals surface area contributed by atoms with Crippen molar-refractivity contribution >= 4 is 33.0 Å². The molecule has 31 heavy (non-hydrogen) atoms. The number of sulfonamides is 1. The van der Waals surface area contributed by atoms with Gasteiger partial charge in [0.2, 0.25) is 5.82 Å². The normalized spacial score (nSPS) is 14.1. The highest BCUT2D eigenvalue weighted by molar-refractivity contribution is 7.93. The summed E-state index contributed by atoms with van der Waals surface area (Å²) >= 11 is 1.21. The van der Waals surface area contributed by atoms with Crippen molar-refractivity contribution in [3.8, 4) is 16.5 Å². The van der Waals surface area contributed by atoms with Gasteiger partial charge in [0.1, 0.15) is 10.6 Å². The zero-order chi connectivity index (χ0) is 22.2. The number of nitrogens with one attached hydrogen (secondary N) is 1. The first-order valence-electron chi connectivity index (χ1n) is 9.70. The molecule has 2 aromatic heterocycles. The van der Waals surface area contributed by atoms with Crippen LogP contribution in [0.3, 0.4) is 0 Å². The monoisotopic (exact) mass is 462 g/mol. The first kappa shape index (κ1) is 21.3. The predicted octanol–water partition coefficient (Wildman–Crippen LogP) is 3.46. The van der Waals surface area contributed by atoms with Gasteiger partial charge < -0.3 is 14.2 Å². The Morgan fingerprint density at radius 1 is 1.23 bits per heavy atom. The maximum atomic E-state index is 13.0. The number of likely N-dealkylation sites (tertiary alicyclic amines) is 1. The zero-order valence-electron chi connectivity index (χ0n) is 17.3. The number of hydrogen-bond acceptors (Lipinski definition) is 8. The highest BCUT2D eigenvalue weighted by atomic mass is 32.2. The fourth-order valence-electron chi connectivity index (χ4n) is 3.41. The molecule has 0 spiro atoms. The average molecular weight is 463 g/mol. The molecular weight excluding hydrogens is 440 g/mol. The predicted molar refractivity (Wildman–Crippen MR) is 116 cm³/mol. The molecule has 0 bridgehead atoms. The van der Waals surface area contributed by atoms with E-state index < -0.39 is 10.0 Å². The van der Waals surface area contributed by atoms with Crippen LogP contribution < -0.4 is 9.46 Å². The van der Waals surface area contributed by atoms with Crippen LogP contribution in [0, 0.1) is 13.8 Å². The summed E-state index contributed by atoms with van der Waals surface area (Å²) in [7, 11) is -2.40. The summed E-state index contributed by atoms with van der Waals surface area (Å²) < 4.78 is 39.1. The van der Waals surface area contributed by atoms with Gasteiger partial charge in [-0.2, -0.15) is 4.98 Å². The average Bonchev–Trinajstić information content (AvgIpc) is 3.48. The molecule has 164 valence electrons. The summed E-state index contributed by atoms with van der Waals surface area (Å²) in [6.07, 6.45) is 1.91. The SMILES string of the molecule is COc1ccc(C)cc1NS(=O)(=O)c1cc(-c2noc(C(=O)N3CCCC3)n2)sc1C. The summed E-state index contributed by atoms with van der Waals surface area (Å²) in [6, 6.07) is 6.73. The van der Waals surface area contributed by atoms with E-state index in [1.54, 1.807) is 24.0 Å². The van der Waals surface area contributed by atoms with Gasteiger partial charge in [-0.3, -0.25) is 9.52 Å². The maximum absolute atomic E-state index is 13.0. The van der Waals surface area contributed by atoms with Crippen LogP contribution in [0.2, 0.25) is 0 Å². The molecule has 3 aromatic rings. The Balaban J connectivity index is 1.60. The van der Waals surface area contributed by atoms with Crippen LogP contribution >= 0.6 is 11.3 Å². The highest BCUT2D eigenvalue weighted by Gasteiger charge is 2.27. The largest absolute Gasteiger partial charge is 0.495 e. The van der Waals surface area contributed by atoms with Gasteiger partial charge in [0.25, 0.3) is 10.0 Å². The number of nitrogens with zero attached hydrogens (tertiary/aromatic N) is 3. The molecule has 1 N–H and O–H groups in total. The number of hydrogen-bond donors (Lipinski definition) is 1. The molecule has 0 radical (unpaired) electrons. The molecule has 1 saturated heterocycles. The Morgan fingerprint density at radius 3 is 2.68 bits per heavy atom. The second-order valence-electron chi connectivity index (χ2n) is 7.26. The summed E-state index contributed by atoms with van der Waals surface area (Å²) in [5, 5.41) is 3.88. The van der Waals surface area contributed by atoms with Gasteiger partial charge in [-0.05, 0) is 50.5 Å². The van der Waals surface area contributed by atoms with Gasteiger partial charge >= 0.3 is 11.8 Å². The lowest BCUT2D eigenvalue weighted by molar-refractivity contribution is 0.0743. The Morgan fingerprint density at radius 2 is 1.97 bits per heavy atom. The van der Waals surface area contributed by atoms with E-state index in [-0.39, 0.29) is 22.5 Å². The number of carbonyl (C=O) groups is 1. The Kier molecular flexibility index (Phi) is 5.71. The second-order valence-corrected chi connectivity index (χ2v) is 10.2. The van der Waals surface area contributed by atoms with Crippen molar-refractivity contribution in [2.24, 2.45) is 0 Å². The third kappa shape index (κ3) is 4.28. The van der Waals surface area contributed by atoms with Crippen LogP contribution in [0.5, 0.6) is 5.75 Å². The molecular formula is C20H22N4O5S2. The lowest BCUT2D eigenvalue weighted by Crippen LogP contribution is -2.27. The van der Waals surface area contributed by atoms with Gasteiger partial charge in [-0.15, -0.1) is 11.3 Å². The van der Waals surface area contributed by atoms with Gasteiger partial charge in [0.05, 0.1) is 17.7 Å². The fraction of sp³-hybridized carbons (Fsp3) is 0.350. The number of aryl methyl sites for hydroxylation is 2. The van der Waals surface area contributed by atoms with Crippen LogP contribution in [-0.4, -0.2) is 49.6 Å². The van der Waals surface area contributed by atoms with Crippen molar-refractivity contribution in [1.82, 2.24) is 15.0 Å². The van der Waals surface area contributed by atoms with Crippen LogP contribution in [0.1, 0.15) is 34.0 Å². The van der Waals surface area contributed by atoms with Crippen LogP contribution in [0.4, 0.5) is 5.69 Å². The van der Waals surface area contributed by atoms with Gasteiger partial charge in [-0.1, -0.05) is 11.2 Å². The fourth-order valence-corrected chi connectivity index (χ4v) is 5.99. The quantitative estimate of drug-likeness (QED) is 0.596. The number of thiophene rings is 1. The zero-order valence-corrected chi connectivity index (χ0v) is 19.0. The minimum absolute atomic E-state index is 0.0880. The lowest BCUT2D eigenvalue weighted by Gasteiger charge is -2.12. The molecule has 11 heteroatoms. The number of ether oxygens (including phenoxy) is 1. The van der Waals surface area contributed by atoms with Crippen molar-refractivity contribution in [3.05, 3.63) is 40.6 Å². The standard InChI is InChI=1S/C20H22N4O5S2/c1-12-6-7-15(28-3)14(10-12)23-31(26,27)17-11-16(30-13(17)2)18-21-19(29-22-18)20(25)24-8-4-5-9-24/h6-7,10-11,23H,4-5,8-9H2,1-3H3. The van der Waals surface area contributed by atoms with E-state index in [2.05, 4.69) is 14.9 Å². The number of aromatic nitrogens is 2. The molecule has 1 aliphatic rings. The molecule has 9 nitrogen and oxygen atoms in total. The Hall–Kier alpha value is -2.92. The van der Waals surface area contributed by atoms with Crippen molar-refractivity contribution in [2.75, 3.05) is 24.9 Å². The molecule has 0 atom stereocenters. The van der Waals surface area contributed by atoms with E-state index in [0.717, 1.165) is 18.4 Å². The van der Waals surface area contributed by atoms with E-state index in [0.29, 0.717) is 34.3 Å². The maximum Gasteiger partial charge on any atom is 0.316 e. The third-order valence-electron chi connectivity index (χ3n) is 4.98. The molecule has 1 aromatic carbocycles. The minimum atomic E-state index is -3.88. The van der Waals surface area contributed by atoms with Crippen molar-refractivity contribution < 1.29 is 22.5 Å². The topological polar surface area (TPSA) is 115 Å². The minimum Gasteiger partial charge on any atom is -0.495 e. The van der Waals surface area contributed by atoms with Crippen molar-refractivity contribution in [2.45, 2.75) is 31.6 Å². The summed E-state index contributed by atoms with van der Waals surface area (Å²) in [5.74, 6) is 0.219. The Bertz CT molecular complexity index is 1230. The first-order valence-corrected chi connectivity index (χ1v) is 12.0. The van der Waals surface area contributed by atoms with E-state index in [9.17, 15) is 13.2 Å². The molecule has 3 heterocycles. The van der Waals surface area contributed by atoms with Crippen molar-refractivity contribution in [1.29, 1.82) is 0 Å². The molecule has 1 aliphatic heterocycles. The number of rotatable bonds is 6. The van der Waals surface area contributed by atoms with Gasteiger partial charge in [0.15, 0.2) is 0 Å². The summed E-state index contributed by atoms with van der Waals surface area (Å²) in [6.45, 7) is 4.91. The molecule has 1 fully saturated rings. The summed E-state index contributed by atoms with van der Waals surface area (Å²) in [4.78, 5) is 19.5. The first-order chi connectivity index (χ1) is 14.8. The van der Waals surface area contributed by atoms with Crippen LogP contribution in [0.15, 0.2) is 33.7 Å². The van der Waals surface area contributed by atoms with E-state index in [1.807, 2.05) is 13.0 Å². The van der Waals surface area contributed by atoms with E-state index in [4.69, 9.17) is 9.26 Å². The van der Waals surface area contributed by atoms with Crippen LogP contribution in [-0.2, 0) is 10.0 Å². The third-order valence-corrected chi connectivity index (χ3v) is 7.65. The molecule has 0 unspecified atom stereocenters. The number of methoxy groups -OCH3 is 1. The van der Waals surface area contributed by atoms with E-state index in [1.165, 1.54) is 24.5 Å². The number of carbonyl (C=O) groups excluding carboxylic acids is 1.